The lowest BCUT2D eigenvalue weighted by Gasteiger charge is -2.30. The number of rotatable bonds is 6. The molecule has 1 saturated carbocycles. The van der Waals surface area contributed by atoms with E-state index in [1.165, 1.54) is 0 Å². The molecule has 0 aliphatic heterocycles. The molecule has 0 heterocycles. The molecule has 4 heteroatoms. The normalized spacial score (nSPS) is 27.6. The van der Waals surface area contributed by atoms with E-state index in [-0.39, 0.29) is 12.5 Å². The smallest absolute Gasteiger partial charge is 0.333 e. The summed E-state index contributed by atoms with van der Waals surface area (Å²) in [5.74, 6) is -0.00646. The summed E-state index contributed by atoms with van der Waals surface area (Å²) in [5, 5.41) is 17.7. The predicted octanol–water partition coefficient (Wildman–Crippen LogP) is 1.66. The van der Waals surface area contributed by atoms with E-state index in [4.69, 9.17) is 14.9 Å². The van der Waals surface area contributed by atoms with Gasteiger partial charge >= 0.3 is 5.97 Å². The molecule has 2 N–H and O–H groups in total. The van der Waals surface area contributed by atoms with Crippen molar-refractivity contribution in [2.24, 2.45) is 11.8 Å². The second-order valence-corrected chi connectivity index (χ2v) is 4.73. The second-order valence-electron chi connectivity index (χ2n) is 4.73. The molecule has 0 spiro atoms. The Hall–Kier alpha value is -0.610. The topological polar surface area (TPSA) is 66.8 Å². The lowest BCUT2D eigenvalue weighted by Crippen LogP contribution is -2.35. The Morgan fingerprint density at radius 1 is 1.38 bits per heavy atom. The Balaban J connectivity index is 2.40. The van der Waals surface area contributed by atoms with Crippen LogP contribution < -0.4 is 0 Å². The molecule has 1 aliphatic carbocycles. The quantitative estimate of drug-likeness (QED) is 0.681. The molecule has 0 amide bonds. The van der Waals surface area contributed by atoms with Gasteiger partial charge in [0.1, 0.15) is 0 Å². The van der Waals surface area contributed by atoms with Crippen molar-refractivity contribution in [2.75, 3.05) is 13.2 Å². The maximum atomic E-state index is 11.1. The highest BCUT2D eigenvalue weighted by Gasteiger charge is 2.31. The Morgan fingerprint density at radius 3 is 2.50 bits per heavy atom. The van der Waals surface area contributed by atoms with E-state index < -0.39 is 12.1 Å². The van der Waals surface area contributed by atoms with Crippen molar-refractivity contribution in [1.29, 1.82) is 0 Å². The van der Waals surface area contributed by atoms with Gasteiger partial charge in [0.25, 0.3) is 0 Å². The van der Waals surface area contributed by atoms with Crippen molar-refractivity contribution in [1.82, 2.24) is 0 Å². The third kappa shape index (κ3) is 4.10. The molecule has 1 aliphatic rings. The number of hydrogen-bond acceptors (Lipinski definition) is 3. The Morgan fingerprint density at radius 2 is 2.00 bits per heavy atom. The van der Waals surface area contributed by atoms with Crippen LogP contribution in [0.4, 0.5) is 0 Å². The average Bonchev–Trinajstić information content (AvgIpc) is 2.26. The van der Waals surface area contributed by atoms with Crippen LogP contribution in [0.25, 0.3) is 0 Å². The number of aliphatic hydroxyl groups is 1. The van der Waals surface area contributed by atoms with E-state index in [1.807, 2.05) is 0 Å². The van der Waals surface area contributed by atoms with E-state index in [9.17, 15) is 4.79 Å². The van der Waals surface area contributed by atoms with Crippen molar-refractivity contribution >= 4 is 5.97 Å². The zero-order chi connectivity index (χ0) is 12.0. The highest BCUT2D eigenvalue weighted by molar-refractivity contribution is 5.72. The van der Waals surface area contributed by atoms with E-state index in [1.54, 1.807) is 0 Å². The monoisotopic (exact) mass is 230 g/mol. The summed E-state index contributed by atoms with van der Waals surface area (Å²) in [6, 6.07) is 0. The highest BCUT2D eigenvalue weighted by atomic mass is 16.5. The first-order valence-electron chi connectivity index (χ1n) is 6.10. The Labute approximate surface area is 96.6 Å². The summed E-state index contributed by atoms with van der Waals surface area (Å²) in [4.78, 5) is 11.1. The van der Waals surface area contributed by atoms with Crippen molar-refractivity contribution in [3.63, 3.8) is 0 Å². The van der Waals surface area contributed by atoms with Crippen LogP contribution in [0.15, 0.2) is 0 Å². The molecule has 0 aromatic heterocycles. The summed E-state index contributed by atoms with van der Waals surface area (Å²) in [6.07, 6.45) is 3.90. The van der Waals surface area contributed by atoms with Crippen LogP contribution in [0.5, 0.6) is 0 Å². The van der Waals surface area contributed by atoms with Gasteiger partial charge in [0.2, 0.25) is 0 Å². The second kappa shape index (κ2) is 6.86. The van der Waals surface area contributed by atoms with Gasteiger partial charge in [-0.15, -0.1) is 0 Å². The van der Waals surface area contributed by atoms with Crippen LogP contribution in [-0.2, 0) is 9.53 Å². The van der Waals surface area contributed by atoms with Gasteiger partial charge < -0.3 is 14.9 Å². The SMILES string of the molecule is CC1CCC(C(OCCCO)C(=O)O)CC1. The highest BCUT2D eigenvalue weighted by Crippen LogP contribution is 2.31. The minimum atomic E-state index is -0.863. The predicted molar refractivity (Wildman–Crippen MR) is 60.2 cm³/mol. The summed E-state index contributed by atoms with van der Waals surface area (Å²) in [6.45, 7) is 2.59. The van der Waals surface area contributed by atoms with Crippen LogP contribution in [0.3, 0.4) is 0 Å². The standard InChI is InChI=1S/C12H22O4/c1-9-3-5-10(6-4-9)11(12(14)15)16-8-2-7-13/h9-11,13H,2-8H2,1H3,(H,14,15). The van der Waals surface area contributed by atoms with Gasteiger partial charge in [-0.25, -0.2) is 4.79 Å². The maximum absolute atomic E-state index is 11.1. The number of aliphatic hydroxyl groups excluding tert-OH is 1. The first-order valence-corrected chi connectivity index (χ1v) is 6.10. The minimum Gasteiger partial charge on any atom is -0.479 e. The van der Waals surface area contributed by atoms with Gasteiger partial charge in [0, 0.05) is 13.2 Å². The molecule has 94 valence electrons. The number of hydrogen-bond donors (Lipinski definition) is 2. The van der Waals surface area contributed by atoms with E-state index >= 15 is 0 Å². The fourth-order valence-electron chi connectivity index (χ4n) is 2.27. The van der Waals surface area contributed by atoms with Gasteiger partial charge in [0.05, 0.1) is 0 Å². The molecule has 4 nitrogen and oxygen atoms in total. The van der Waals surface area contributed by atoms with E-state index in [2.05, 4.69) is 6.92 Å². The number of ether oxygens (including phenoxy) is 1. The first kappa shape index (κ1) is 13.5. The third-order valence-electron chi connectivity index (χ3n) is 3.33. The molecule has 1 rings (SSSR count). The van der Waals surface area contributed by atoms with Gasteiger partial charge in [-0.1, -0.05) is 19.8 Å². The number of aliphatic carboxylic acids is 1. The molecular formula is C12H22O4. The van der Waals surface area contributed by atoms with Crippen LogP contribution in [-0.4, -0.2) is 35.5 Å². The van der Waals surface area contributed by atoms with Crippen molar-refractivity contribution in [3.8, 4) is 0 Å². The fraction of sp³-hybridized carbons (Fsp3) is 0.917. The van der Waals surface area contributed by atoms with Gasteiger partial charge in [-0.2, -0.15) is 0 Å². The number of carbonyl (C=O) groups is 1. The molecule has 0 aromatic carbocycles. The van der Waals surface area contributed by atoms with E-state index in [0.29, 0.717) is 18.9 Å². The van der Waals surface area contributed by atoms with E-state index in [0.717, 1.165) is 25.7 Å². The summed E-state index contributed by atoms with van der Waals surface area (Å²) >= 11 is 0. The number of carboxylic acids is 1. The molecule has 0 bridgehead atoms. The van der Waals surface area contributed by atoms with Gasteiger partial charge in [-0.3, -0.25) is 0 Å². The Bertz CT molecular complexity index is 209. The molecule has 0 aromatic rings. The van der Waals surface area contributed by atoms with Crippen molar-refractivity contribution < 1.29 is 19.7 Å². The third-order valence-corrected chi connectivity index (χ3v) is 3.33. The van der Waals surface area contributed by atoms with Crippen LogP contribution in [0.1, 0.15) is 39.0 Å². The first-order chi connectivity index (χ1) is 7.65. The zero-order valence-corrected chi connectivity index (χ0v) is 9.89. The minimum absolute atomic E-state index is 0.0496. The molecule has 1 atom stereocenters. The summed E-state index contributed by atoms with van der Waals surface area (Å²) in [7, 11) is 0. The molecule has 1 unspecified atom stereocenters. The average molecular weight is 230 g/mol. The summed E-state index contributed by atoms with van der Waals surface area (Å²) < 4.78 is 5.36. The molecule has 0 saturated heterocycles. The lowest BCUT2D eigenvalue weighted by atomic mass is 9.80. The summed E-state index contributed by atoms with van der Waals surface area (Å²) in [5.41, 5.74) is 0. The molecule has 0 radical (unpaired) electrons. The van der Waals surface area contributed by atoms with Gasteiger partial charge in [-0.05, 0) is 31.1 Å². The largest absolute Gasteiger partial charge is 0.479 e. The van der Waals surface area contributed by atoms with Crippen molar-refractivity contribution in [2.45, 2.75) is 45.1 Å². The molecule has 16 heavy (non-hydrogen) atoms. The van der Waals surface area contributed by atoms with Crippen LogP contribution in [0, 0.1) is 11.8 Å². The maximum Gasteiger partial charge on any atom is 0.333 e. The fourth-order valence-corrected chi connectivity index (χ4v) is 2.27. The number of carboxylic acid groups (broad SMARTS) is 1. The van der Waals surface area contributed by atoms with Crippen LogP contribution in [0.2, 0.25) is 0 Å². The molecular weight excluding hydrogens is 208 g/mol. The zero-order valence-electron chi connectivity index (χ0n) is 9.89. The Kier molecular flexibility index (Phi) is 5.77. The van der Waals surface area contributed by atoms with Crippen LogP contribution >= 0.6 is 0 Å². The molecule has 1 fully saturated rings. The van der Waals surface area contributed by atoms with Gasteiger partial charge in [0.15, 0.2) is 6.10 Å². The van der Waals surface area contributed by atoms with Crippen molar-refractivity contribution in [3.05, 3.63) is 0 Å². The lowest BCUT2D eigenvalue weighted by molar-refractivity contribution is -0.155.